The van der Waals surface area contributed by atoms with E-state index < -0.39 is 5.56 Å². The number of rotatable bonds is 4. The van der Waals surface area contributed by atoms with E-state index in [0.717, 1.165) is 10.4 Å². The van der Waals surface area contributed by atoms with Crippen molar-refractivity contribution in [1.82, 2.24) is 19.4 Å². The number of hydrogen-bond donors (Lipinski definition) is 2. The lowest BCUT2D eigenvalue weighted by molar-refractivity contribution is 0.351. The van der Waals surface area contributed by atoms with Crippen LogP contribution in [0.5, 0.6) is 17.2 Å². The van der Waals surface area contributed by atoms with Crippen LogP contribution < -0.4 is 10.3 Å². The van der Waals surface area contributed by atoms with Gasteiger partial charge in [0, 0.05) is 5.56 Å². The average molecular weight is 377 g/mol. The third-order valence-corrected chi connectivity index (χ3v) is 4.10. The van der Waals surface area contributed by atoms with Gasteiger partial charge in [-0.15, -0.1) is 0 Å². The zero-order chi connectivity index (χ0) is 19.7. The van der Waals surface area contributed by atoms with Crippen LogP contribution in [0, 0.1) is 0 Å². The first-order valence-electron chi connectivity index (χ1n) is 8.23. The Morgan fingerprint density at radius 3 is 2.71 bits per heavy atom. The van der Waals surface area contributed by atoms with Crippen molar-refractivity contribution in [3.63, 3.8) is 0 Å². The van der Waals surface area contributed by atoms with Gasteiger partial charge in [-0.2, -0.15) is 14.9 Å². The summed E-state index contributed by atoms with van der Waals surface area (Å²) in [6.45, 7) is 0. The van der Waals surface area contributed by atoms with Crippen molar-refractivity contribution in [2.24, 2.45) is 5.10 Å². The number of methoxy groups -OCH3 is 1. The van der Waals surface area contributed by atoms with Gasteiger partial charge in [-0.05, 0) is 24.3 Å². The lowest BCUT2D eigenvalue weighted by Gasteiger charge is -2.06. The second-order valence-electron chi connectivity index (χ2n) is 5.86. The van der Waals surface area contributed by atoms with Gasteiger partial charge in [-0.25, -0.2) is 9.67 Å². The second-order valence-corrected chi connectivity index (χ2v) is 5.86. The Labute approximate surface area is 158 Å². The Kier molecular flexibility index (Phi) is 4.24. The van der Waals surface area contributed by atoms with Crippen LogP contribution in [0.2, 0.25) is 0 Å². The predicted octanol–water partition coefficient (Wildman–Crippen LogP) is 1.88. The maximum Gasteiger partial charge on any atom is 0.285 e. The van der Waals surface area contributed by atoms with E-state index in [1.165, 1.54) is 38.0 Å². The van der Waals surface area contributed by atoms with E-state index in [1.54, 1.807) is 4.68 Å². The van der Waals surface area contributed by atoms with Crippen molar-refractivity contribution >= 4 is 17.2 Å². The molecule has 0 unspecified atom stereocenters. The highest BCUT2D eigenvalue weighted by Gasteiger charge is 2.12. The molecule has 0 bridgehead atoms. The fourth-order valence-electron chi connectivity index (χ4n) is 2.72. The molecule has 9 heteroatoms. The summed E-state index contributed by atoms with van der Waals surface area (Å²) in [6, 6.07) is 12.1. The van der Waals surface area contributed by atoms with Crippen LogP contribution in [0.4, 0.5) is 0 Å². The van der Waals surface area contributed by atoms with E-state index in [4.69, 9.17) is 4.74 Å². The van der Waals surface area contributed by atoms with Crippen LogP contribution in [0.25, 0.3) is 16.7 Å². The molecule has 4 aromatic rings. The summed E-state index contributed by atoms with van der Waals surface area (Å²) in [6.07, 6.45) is 4.08. The Balaban J connectivity index is 1.73. The minimum absolute atomic E-state index is 0.0894. The first-order valence-corrected chi connectivity index (χ1v) is 8.23. The van der Waals surface area contributed by atoms with Crippen LogP contribution in [0.15, 0.2) is 64.9 Å². The van der Waals surface area contributed by atoms with Crippen molar-refractivity contribution in [2.75, 3.05) is 7.11 Å². The third kappa shape index (κ3) is 2.94. The van der Waals surface area contributed by atoms with E-state index in [0.29, 0.717) is 16.6 Å². The SMILES string of the molecule is COc1cc(/C=N/n2cnc3c(cnn3-c3ccccc3)c2=O)cc(O)c1O. The van der Waals surface area contributed by atoms with Gasteiger partial charge in [0.25, 0.3) is 5.56 Å². The molecule has 0 atom stereocenters. The predicted molar refractivity (Wildman–Crippen MR) is 102 cm³/mol. The quantitative estimate of drug-likeness (QED) is 0.415. The molecule has 140 valence electrons. The van der Waals surface area contributed by atoms with Crippen LogP contribution >= 0.6 is 0 Å². The van der Waals surface area contributed by atoms with Crippen molar-refractivity contribution < 1.29 is 14.9 Å². The summed E-state index contributed by atoms with van der Waals surface area (Å²) in [7, 11) is 1.36. The molecule has 2 N–H and O–H groups in total. The van der Waals surface area contributed by atoms with Gasteiger partial charge in [0.05, 0.1) is 25.2 Å². The first-order chi connectivity index (χ1) is 13.6. The Bertz CT molecular complexity index is 1240. The highest BCUT2D eigenvalue weighted by molar-refractivity contribution is 5.82. The number of phenolic OH excluding ortho intramolecular Hbond substituents is 2. The van der Waals surface area contributed by atoms with Crippen molar-refractivity contribution in [2.45, 2.75) is 0 Å². The number of nitrogens with zero attached hydrogens (tertiary/aromatic N) is 5. The monoisotopic (exact) mass is 377 g/mol. The fraction of sp³-hybridized carbons (Fsp3) is 0.0526. The molecule has 0 aliphatic carbocycles. The molecular weight excluding hydrogens is 362 g/mol. The lowest BCUT2D eigenvalue weighted by atomic mass is 10.2. The molecule has 0 amide bonds. The molecule has 0 saturated heterocycles. The van der Waals surface area contributed by atoms with E-state index in [-0.39, 0.29) is 17.2 Å². The van der Waals surface area contributed by atoms with Gasteiger partial charge < -0.3 is 14.9 Å². The van der Waals surface area contributed by atoms with Gasteiger partial charge >= 0.3 is 0 Å². The Morgan fingerprint density at radius 1 is 1.18 bits per heavy atom. The molecule has 28 heavy (non-hydrogen) atoms. The number of para-hydroxylation sites is 1. The highest BCUT2D eigenvalue weighted by Crippen LogP contribution is 2.35. The molecule has 2 aromatic carbocycles. The molecule has 2 heterocycles. The molecule has 0 spiro atoms. The van der Waals surface area contributed by atoms with Crippen LogP contribution in [0.1, 0.15) is 5.56 Å². The standard InChI is InChI=1S/C19H15N5O4/c1-28-16-8-12(7-15(25)17(16)26)9-21-23-11-20-18-14(19(23)27)10-22-24(18)13-5-3-2-4-6-13/h2-11,25-26H,1H3/b21-9+. The lowest BCUT2D eigenvalue weighted by Crippen LogP contribution is -2.17. The first kappa shape index (κ1) is 17.3. The average Bonchev–Trinajstić information content (AvgIpc) is 3.15. The van der Waals surface area contributed by atoms with Crippen LogP contribution in [-0.4, -0.2) is 43.0 Å². The number of fused-ring (bicyclic) bond motifs is 1. The van der Waals surface area contributed by atoms with Gasteiger partial charge in [-0.3, -0.25) is 4.79 Å². The largest absolute Gasteiger partial charge is 0.504 e. The van der Waals surface area contributed by atoms with E-state index in [2.05, 4.69) is 15.2 Å². The zero-order valence-electron chi connectivity index (χ0n) is 14.7. The second kappa shape index (κ2) is 6.88. The topological polar surface area (TPSA) is 115 Å². The molecule has 2 aromatic heterocycles. The fourth-order valence-corrected chi connectivity index (χ4v) is 2.72. The molecule has 0 radical (unpaired) electrons. The molecule has 0 aliphatic heterocycles. The number of aromatic nitrogens is 4. The van der Waals surface area contributed by atoms with E-state index >= 15 is 0 Å². The summed E-state index contributed by atoms with van der Waals surface area (Å²) < 4.78 is 7.62. The number of benzene rings is 2. The van der Waals surface area contributed by atoms with Crippen molar-refractivity contribution in [3.8, 4) is 22.9 Å². The third-order valence-electron chi connectivity index (χ3n) is 4.10. The number of phenols is 2. The molecule has 0 aliphatic rings. The van der Waals surface area contributed by atoms with Gasteiger partial charge in [0.1, 0.15) is 11.7 Å². The summed E-state index contributed by atoms with van der Waals surface area (Å²) in [5, 5.41) is 28.0. The molecule has 0 fully saturated rings. The van der Waals surface area contributed by atoms with E-state index in [1.807, 2.05) is 30.3 Å². The number of aromatic hydroxyl groups is 2. The smallest absolute Gasteiger partial charge is 0.285 e. The maximum absolute atomic E-state index is 12.7. The van der Waals surface area contributed by atoms with Gasteiger partial charge in [0.15, 0.2) is 17.1 Å². The van der Waals surface area contributed by atoms with Crippen LogP contribution in [0.3, 0.4) is 0 Å². The number of hydrogen-bond acceptors (Lipinski definition) is 7. The summed E-state index contributed by atoms with van der Waals surface area (Å²) in [4.78, 5) is 17.0. The summed E-state index contributed by atoms with van der Waals surface area (Å²) in [5.74, 6) is -0.634. The molecule has 9 nitrogen and oxygen atoms in total. The normalized spacial score (nSPS) is 11.3. The zero-order valence-corrected chi connectivity index (χ0v) is 14.7. The maximum atomic E-state index is 12.7. The molecule has 0 saturated carbocycles. The molecular formula is C19H15N5O4. The van der Waals surface area contributed by atoms with E-state index in [9.17, 15) is 15.0 Å². The summed E-state index contributed by atoms with van der Waals surface area (Å²) >= 11 is 0. The Morgan fingerprint density at radius 2 is 1.96 bits per heavy atom. The highest BCUT2D eigenvalue weighted by atomic mass is 16.5. The van der Waals surface area contributed by atoms with Gasteiger partial charge in [0.2, 0.25) is 5.75 Å². The minimum Gasteiger partial charge on any atom is -0.504 e. The minimum atomic E-state index is -0.390. The van der Waals surface area contributed by atoms with Crippen molar-refractivity contribution in [3.05, 3.63) is 70.9 Å². The molecule has 4 rings (SSSR count). The number of ether oxygens (including phenoxy) is 1. The Hall–Kier alpha value is -4.14. The van der Waals surface area contributed by atoms with Gasteiger partial charge in [-0.1, -0.05) is 18.2 Å². The van der Waals surface area contributed by atoms with Crippen LogP contribution in [-0.2, 0) is 0 Å². The van der Waals surface area contributed by atoms with Crippen molar-refractivity contribution in [1.29, 1.82) is 0 Å². The summed E-state index contributed by atoms with van der Waals surface area (Å²) in [5.41, 5.74) is 1.25.